The summed E-state index contributed by atoms with van der Waals surface area (Å²) in [5.41, 5.74) is 6.55. The zero-order valence-electron chi connectivity index (χ0n) is 30.4. The first-order valence-electron chi connectivity index (χ1n) is 17.3. The minimum absolute atomic E-state index is 0.00561. The summed E-state index contributed by atoms with van der Waals surface area (Å²) >= 11 is 0. The van der Waals surface area contributed by atoms with Crippen LogP contribution in [-0.4, -0.2) is 71.6 Å². The average Bonchev–Trinajstić information content (AvgIpc) is 3.10. The van der Waals surface area contributed by atoms with Crippen LogP contribution in [0.4, 0.5) is 0 Å². The number of ether oxygens (including phenoxy) is 3. The van der Waals surface area contributed by atoms with Gasteiger partial charge in [0, 0.05) is 37.3 Å². The fourth-order valence-corrected chi connectivity index (χ4v) is 6.32. The van der Waals surface area contributed by atoms with Gasteiger partial charge in [-0.25, -0.2) is 0 Å². The SMILES string of the molecule is COc1ccc(CN2CCc3cc(CC(=O)O)ccc3C2=O)cc1.COc1ccc(CN2CCc3cc(CC(=O)OC(C)(C)C)ccc3C2=O)cc1. The molecular formula is C42H46N2O8. The van der Waals surface area contributed by atoms with Crippen molar-refractivity contribution in [1.29, 1.82) is 0 Å². The van der Waals surface area contributed by atoms with E-state index in [1.807, 2.05) is 103 Å². The van der Waals surface area contributed by atoms with Crippen LogP contribution in [0.5, 0.6) is 11.5 Å². The standard InChI is InChI=1S/C23H27NO4.C19H19NO4/c1-23(2,3)28-21(25)14-17-7-10-20-18(13-17)11-12-24(22(20)26)15-16-5-8-19(27-4)9-6-16;1-24-16-5-2-13(3-6-16)12-20-9-8-15-10-14(11-18(21)22)4-7-17(15)19(20)23/h5-10,13H,11-12,14-15H2,1-4H3;2-7,10H,8-9,11-12H2,1H3,(H,21,22). The number of benzene rings is 4. The molecule has 0 saturated heterocycles. The molecule has 0 aliphatic carbocycles. The number of carbonyl (C=O) groups excluding carboxylic acids is 3. The summed E-state index contributed by atoms with van der Waals surface area (Å²) in [5, 5.41) is 8.88. The van der Waals surface area contributed by atoms with Crippen LogP contribution in [0.25, 0.3) is 0 Å². The van der Waals surface area contributed by atoms with Gasteiger partial charge in [0.15, 0.2) is 0 Å². The van der Waals surface area contributed by atoms with Crippen molar-refractivity contribution >= 4 is 23.8 Å². The van der Waals surface area contributed by atoms with Gasteiger partial charge in [0.25, 0.3) is 11.8 Å². The Balaban J connectivity index is 0.000000203. The van der Waals surface area contributed by atoms with Gasteiger partial charge in [-0.15, -0.1) is 0 Å². The summed E-state index contributed by atoms with van der Waals surface area (Å²) in [6, 6.07) is 26.4. The zero-order valence-corrected chi connectivity index (χ0v) is 30.4. The van der Waals surface area contributed by atoms with Gasteiger partial charge in [-0.3, -0.25) is 19.2 Å². The third-order valence-corrected chi connectivity index (χ3v) is 8.87. The second kappa shape index (κ2) is 16.6. The van der Waals surface area contributed by atoms with E-state index >= 15 is 0 Å². The minimum atomic E-state index is -0.863. The van der Waals surface area contributed by atoms with E-state index in [2.05, 4.69) is 0 Å². The molecule has 2 aliphatic heterocycles. The monoisotopic (exact) mass is 706 g/mol. The highest BCUT2D eigenvalue weighted by Gasteiger charge is 2.26. The van der Waals surface area contributed by atoms with Crippen molar-refractivity contribution < 1.29 is 38.5 Å². The second-order valence-corrected chi connectivity index (χ2v) is 14.0. The summed E-state index contributed by atoms with van der Waals surface area (Å²) < 4.78 is 15.7. The first-order chi connectivity index (χ1) is 24.8. The van der Waals surface area contributed by atoms with Crippen LogP contribution in [0.3, 0.4) is 0 Å². The van der Waals surface area contributed by atoms with E-state index in [4.69, 9.17) is 19.3 Å². The van der Waals surface area contributed by atoms with Gasteiger partial charge in [-0.1, -0.05) is 48.5 Å². The maximum atomic E-state index is 12.9. The lowest BCUT2D eigenvalue weighted by Gasteiger charge is -2.29. The van der Waals surface area contributed by atoms with Crippen LogP contribution in [0.1, 0.15) is 74.9 Å². The molecule has 1 N–H and O–H groups in total. The minimum Gasteiger partial charge on any atom is -0.497 e. The molecule has 6 rings (SSSR count). The van der Waals surface area contributed by atoms with Gasteiger partial charge in [0.05, 0.1) is 27.1 Å². The Hall–Kier alpha value is -5.64. The fourth-order valence-electron chi connectivity index (χ4n) is 6.32. The van der Waals surface area contributed by atoms with E-state index in [1.54, 1.807) is 26.4 Å². The van der Waals surface area contributed by atoms with Crippen molar-refractivity contribution in [2.24, 2.45) is 0 Å². The highest BCUT2D eigenvalue weighted by Crippen LogP contribution is 2.25. The molecule has 0 aromatic heterocycles. The van der Waals surface area contributed by atoms with E-state index < -0.39 is 11.6 Å². The number of carboxylic acids is 1. The number of carbonyl (C=O) groups is 4. The van der Waals surface area contributed by atoms with Crippen LogP contribution in [0, 0.1) is 0 Å². The molecule has 2 aliphatic rings. The van der Waals surface area contributed by atoms with Crippen molar-refractivity contribution in [2.75, 3.05) is 27.3 Å². The summed E-state index contributed by atoms with van der Waals surface area (Å²) in [4.78, 5) is 52.1. The molecular weight excluding hydrogens is 660 g/mol. The number of hydrogen-bond acceptors (Lipinski definition) is 7. The molecule has 0 atom stereocenters. The van der Waals surface area contributed by atoms with E-state index in [9.17, 15) is 19.2 Å². The molecule has 0 bridgehead atoms. The van der Waals surface area contributed by atoms with Crippen LogP contribution in [0.15, 0.2) is 84.9 Å². The Labute approximate surface area is 304 Å². The van der Waals surface area contributed by atoms with Gasteiger partial charge >= 0.3 is 11.9 Å². The van der Waals surface area contributed by atoms with Crippen LogP contribution >= 0.6 is 0 Å². The maximum Gasteiger partial charge on any atom is 0.310 e. The lowest BCUT2D eigenvalue weighted by atomic mass is 9.95. The number of aliphatic carboxylic acids is 1. The van der Waals surface area contributed by atoms with Crippen molar-refractivity contribution in [3.63, 3.8) is 0 Å². The molecule has 0 saturated carbocycles. The highest BCUT2D eigenvalue weighted by atomic mass is 16.6. The Morgan fingerprint density at radius 3 is 1.42 bits per heavy atom. The van der Waals surface area contributed by atoms with Crippen molar-refractivity contribution in [3.8, 4) is 11.5 Å². The van der Waals surface area contributed by atoms with Gasteiger partial charge < -0.3 is 29.1 Å². The maximum absolute atomic E-state index is 12.9. The Morgan fingerprint density at radius 1 is 0.635 bits per heavy atom. The highest BCUT2D eigenvalue weighted by molar-refractivity contribution is 5.97. The Kier molecular flexibility index (Phi) is 12.0. The van der Waals surface area contributed by atoms with Crippen LogP contribution in [0.2, 0.25) is 0 Å². The molecule has 4 aromatic carbocycles. The third kappa shape index (κ3) is 9.99. The number of carboxylic acid groups (broad SMARTS) is 1. The smallest absolute Gasteiger partial charge is 0.310 e. The summed E-state index contributed by atoms with van der Waals surface area (Å²) in [5.74, 6) is 0.500. The molecule has 10 heteroatoms. The van der Waals surface area contributed by atoms with Crippen LogP contribution in [-0.2, 0) is 53.1 Å². The fraction of sp³-hybridized carbons (Fsp3) is 0.333. The first-order valence-corrected chi connectivity index (χ1v) is 17.3. The zero-order chi connectivity index (χ0) is 37.4. The summed E-state index contributed by atoms with van der Waals surface area (Å²) in [7, 11) is 3.26. The van der Waals surface area contributed by atoms with Crippen molar-refractivity contribution in [2.45, 2.75) is 65.1 Å². The number of hydrogen-bond donors (Lipinski definition) is 1. The van der Waals surface area contributed by atoms with Gasteiger partial charge in [-0.05, 0) is 103 Å². The van der Waals surface area contributed by atoms with E-state index in [0.29, 0.717) is 37.3 Å². The molecule has 52 heavy (non-hydrogen) atoms. The number of esters is 1. The van der Waals surface area contributed by atoms with Crippen molar-refractivity contribution in [1.82, 2.24) is 9.80 Å². The van der Waals surface area contributed by atoms with E-state index in [0.717, 1.165) is 57.7 Å². The molecule has 0 fully saturated rings. The van der Waals surface area contributed by atoms with Crippen LogP contribution < -0.4 is 9.47 Å². The lowest BCUT2D eigenvalue weighted by Crippen LogP contribution is -2.37. The van der Waals surface area contributed by atoms with Crippen molar-refractivity contribution in [3.05, 3.63) is 129 Å². The normalized spacial score (nSPS) is 13.7. The molecule has 10 nitrogen and oxygen atoms in total. The predicted molar refractivity (Wildman–Crippen MR) is 197 cm³/mol. The number of fused-ring (bicyclic) bond motifs is 2. The predicted octanol–water partition coefficient (Wildman–Crippen LogP) is 6.30. The molecule has 0 unspecified atom stereocenters. The van der Waals surface area contributed by atoms with Gasteiger partial charge in [-0.2, -0.15) is 0 Å². The lowest BCUT2D eigenvalue weighted by molar-refractivity contribution is -0.154. The van der Waals surface area contributed by atoms with Gasteiger partial charge in [0.2, 0.25) is 0 Å². The summed E-state index contributed by atoms with van der Waals surface area (Å²) in [6.07, 6.45) is 1.72. The molecule has 2 amide bonds. The average molecular weight is 707 g/mol. The molecule has 2 heterocycles. The van der Waals surface area contributed by atoms with E-state index in [-0.39, 0.29) is 30.6 Å². The molecule has 0 spiro atoms. The molecule has 272 valence electrons. The molecule has 0 radical (unpaired) electrons. The first kappa shape index (κ1) is 37.6. The molecule has 4 aromatic rings. The summed E-state index contributed by atoms with van der Waals surface area (Å²) in [6.45, 7) is 7.98. The number of methoxy groups -OCH3 is 2. The second-order valence-electron chi connectivity index (χ2n) is 14.0. The largest absolute Gasteiger partial charge is 0.497 e. The number of rotatable bonds is 10. The Morgan fingerprint density at radius 2 is 1.04 bits per heavy atom. The van der Waals surface area contributed by atoms with Gasteiger partial charge in [0.1, 0.15) is 17.1 Å². The number of amides is 2. The quantitative estimate of drug-likeness (QED) is 0.191. The third-order valence-electron chi connectivity index (χ3n) is 8.87. The van der Waals surface area contributed by atoms with E-state index in [1.165, 1.54) is 0 Å². The Bertz CT molecular complexity index is 1910. The topological polar surface area (TPSA) is 123 Å². The number of nitrogens with zero attached hydrogens (tertiary/aromatic N) is 2.